The summed E-state index contributed by atoms with van der Waals surface area (Å²) < 4.78 is 0. The fourth-order valence-corrected chi connectivity index (χ4v) is 3.06. The van der Waals surface area contributed by atoms with Gasteiger partial charge in [-0.15, -0.1) is 0 Å². The second-order valence-corrected chi connectivity index (χ2v) is 6.02. The molecule has 1 aliphatic rings. The van der Waals surface area contributed by atoms with Gasteiger partial charge < -0.3 is 11.1 Å². The first-order valence-electron chi connectivity index (χ1n) is 6.53. The van der Waals surface area contributed by atoms with E-state index in [4.69, 9.17) is 28.9 Å². The van der Waals surface area contributed by atoms with Gasteiger partial charge in [0.1, 0.15) is 0 Å². The first-order valence-corrected chi connectivity index (χ1v) is 7.28. The molecule has 5 heteroatoms. The lowest BCUT2D eigenvalue weighted by Crippen LogP contribution is -2.51. The topological polar surface area (TPSA) is 55.1 Å². The Balaban J connectivity index is 2.01. The number of hydrogen-bond acceptors (Lipinski definition) is 2. The Bertz CT molecular complexity index is 450. The highest BCUT2D eigenvalue weighted by Crippen LogP contribution is 2.26. The highest BCUT2D eigenvalue weighted by molar-refractivity contribution is 6.39. The Kier molecular flexibility index (Phi) is 4.71. The van der Waals surface area contributed by atoms with Crippen LogP contribution in [0.3, 0.4) is 0 Å². The second-order valence-electron chi connectivity index (χ2n) is 5.20. The lowest BCUT2D eigenvalue weighted by Gasteiger charge is -2.33. The van der Waals surface area contributed by atoms with Gasteiger partial charge in [-0.1, -0.05) is 48.5 Å². The summed E-state index contributed by atoms with van der Waals surface area (Å²) in [5.41, 5.74) is 6.32. The van der Waals surface area contributed by atoms with Crippen molar-refractivity contribution in [2.75, 3.05) is 6.54 Å². The summed E-state index contributed by atoms with van der Waals surface area (Å²) in [4.78, 5) is 12.1. The van der Waals surface area contributed by atoms with E-state index < -0.39 is 0 Å². The van der Waals surface area contributed by atoms with E-state index in [-0.39, 0.29) is 11.4 Å². The number of amides is 1. The standard InChI is InChI=1S/C14H18Cl2N2O/c15-10-5-4-6-11(16)12(10)13(19)18-9-14(17)7-2-1-3-8-14/h4-6H,1-3,7-9,17H2,(H,18,19). The van der Waals surface area contributed by atoms with E-state index in [1.807, 2.05) is 0 Å². The van der Waals surface area contributed by atoms with Gasteiger partial charge in [0.2, 0.25) is 0 Å². The average Bonchev–Trinajstić information content (AvgIpc) is 2.37. The van der Waals surface area contributed by atoms with Crippen LogP contribution in [0, 0.1) is 0 Å². The number of halogens is 2. The normalized spacial score (nSPS) is 18.1. The maximum Gasteiger partial charge on any atom is 0.254 e. The zero-order chi connectivity index (χ0) is 13.9. The van der Waals surface area contributed by atoms with Crippen LogP contribution in [-0.2, 0) is 0 Å². The number of carbonyl (C=O) groups is 1. The maximum absolute atomic E-state index is 12.1. The molecule has 0 saturated heterocycles. The molecule has 1 amide bonds. The summed E-state index contributed by atoms with van der Waals surface area (Å²) >= 11 is 12.0. The van der Waals surface area contributed by atoms with Crippen LogP contribution in [0.2, 0.25) is 10.0 Å². The third kappa shape index (κ3) is 3.62. The van der Waals surface area contributed by atoms with Gasteiger partial charge in [-0.3, -0.25) is 4.79 Å². The van der Waals surface area contributed by atoms with Crippen molar-refractivity contribution < 1.29 is 4.79 Å². The minimum atomic E-state index is -0.290. The number of rotatable bonds is 3. The van der Waals surface area contributed by atoms with Gasteiger partial charge in [0.15, 0.2) is 0 Å². The number of carbonyl (C=O) groups excluding carboxylic acids is 1. The molecule has 19 heavy (non-hydrogen) atoms. The minimum Gasteiger partial charge on any atom is -0.350 e. The molecule has 0 aromatic heterocycles. The highest BCUT2D eigenvalue weighted by atomic mass is 35.5. The molecule has 0 bridgehead atoms. The molecule has 0 radical (unpaired) electrons. The van der Waals surface area contributed by atoms with Gasteiger partial charge in [0.25, 0.3) is 5.91 Å². The Hall–Kier alpha value is -0.770. The van der Waals surface area contributed by atoms with E-state index in [9.17, 15) is 4.79 Å². The molecule has 3 nitrogen and oxygen atoms in total. The summed E-state index contributed by atoms with van der Waals surface area (Å²) in [5, 5.41) is 3.58. The average molecular weight is 301 g/mol. The van der Waals surface area contributed by atoms with Crippen molar-refractivity contribution in [2.24, 2.45) is 5.73 Å². The SMILES string of the molecule is NC1(CNC(=O)c2c(Cl)cccc2Cl)CCCCC1. The Labute approximate surface area is 123 Å². The molecule has 0 unspecified atom stereocenters. The largest absolute Gasteiger partial charge is 0.350 e. The van der Waals surface area contributed by atoms with Gasteiger partial charge >= 0.3 is 0 Å². The van der Waals surface area contributed by atoms with Crippen LogP contribution in [-0.4, -0.2) is 18.0 Å². The number of nitrogens with one attached hydrogen (secondary N) is 1. The first kappa shape index (κ1) is 14.6. The van der Waals surface area contributed by atoms with Crippen LogP contribution in [0.1, 0.15) is 42.5 Å². The lowest BCUT2D eigenvalue weighted by atomic mass is 9.82. The Morgan fingerprint density at radius 3 is 2.37 bits per heavy atom. The molecule has 0 atom stereocenters. The van der Waals surface area contributed by atoms with Gasteiger partial charge in [-0.05, 0) is 25.0 Å². The van der Waals surface area contributed by atoms with Crippen LogP contribution in [0.25, 0.3) is 0 Å². The van der Waals surface area contributed by atoms with Gasteiger partial charge in [-0.25, -0.2) is 0 Å². The second kappa shape index (κ2) is 6.12. The molecule has 0 heterocycles. The highest BCUT2D eigenvalue weighted by Gasteiger charge is 2.28. The quantitative estimate of drug-likeness (QED) is 0.899. The predicted octanol–water partition coefficient (Wildman–Crippen LogP) is 3.38. The van der Waals surface area contributed by atoms with Crippen molar-refractivity contribution in [3.05, 3.63) is 33.8 Å². The van der Waals surface area contributed by atoms with E-state index in [1.54, 1.807) is 18.2 Å². The third-order valence-corrected chi connectivity index (χ3v) is 4.27. The summed E-state index contributed by atoms with van der Waals surface area (Å²) in [5.74, 6) is -0.258. The molecular formula is C14H18Cl2N2O. The van der Waals surface area contributed by atoms with Crippen molar-refractivity contribution in [1.82, 2.24) is 5.32 Å². The fraction of sp³-hybridized carbons (Fsp3) is 0.500. The molecule has 2 rings (SSSR count). The van der Waals surface area contributed by atoms with Crippen molar-refractivity contribution in [2.45, 2.75) is 37.6 Å². The summed E-state index contributed by atoms with van der Waals surface area (Å²) in [6.07, 6.45) is 5.37. The number of hydrogen-bond donors (Lipinski definition) is 2. The maximum atomic E-state index is 12.1. The van der Waals surface area contributed by atoms with Crippen LogP contribution in [0.15, 0.2) is 18.2 Å². The minimum absolute atomic E-state index is 0.258. The molecule has 0 aliphatic heterocycles. The van der Waals surface area contributed by atoms with Crippen LogP contribution in [0.4, 0.5) is 0 Å². The van der Waals surface area contributed by atoms with E-state index in [2.05, 4.69) is 5.32 Å². The van der Waals surface area contributed by atoms with Crippen molar-refractivity contribution in [1.29, 1.82) is 0 Å². The summed E-state index contributed by atoms with van der Waals surface area (Å²) in [7, 11) is 0. The van der Waals surface area contributed by atoms with Gasteiger partial charge in [0.05, 0.1) is 15.6 Å². The molecule has 1 fully saturated rings. The van der Waals surface area contributed by atoms with E-state index >= 15 is 0 Å². The molecule has 1 saturated carbocycles. The van der Waals surface area contributed by atoms with Crippen LogP contribution in [0.5, 0.6) is 0 Å². The smallest absolute Gasteiger partial charge is 0.254 e. The summed E-state index contributed by atoms with van der Waals surface area (Å²) in [6, 6.07) is 5.02. The molecule has 1 aromatic carbocycles. The number of nitrogens with two attached hydrogens (primary N) is 1. The number of benzene rings is 1. The van der Waals surface area contributed by atoms with Crippen molar-refractivity contribution in [3.63, 3.8) is 0 Å². The van der Waals surface area contributed by atoms with E-state index in [0.717, 1.165) is 25.7 Å². The Morgan fingerprint density at radius 1 is 1.21 bits per heavy atom. The molecule has 0 spiro atoms. The monoisotopic (exact) mass is 300 g/mol. The van der Waals surface area contributed by atoms with Gasteiger partial charge in [0, 0.05) is 12.1 Å². The van der Waals surface area contributed by atoms with E-state index in [1.165, 1.54) is 6.42 Å². The molecule has 3 N–H and O–H groups in total. The zero-order valence-electron chi connectivity index (χ0n) is 10.7. The predicted molar refractivity (Wildman–Crippen MR) is 78.8 cm³/mol. The Morgan fingerprint density at radius 2 is 1.79 bits per heavy atom. The first-order chi connectivity index (χ1) is 9.02. The summed E-state index contributed by atoms with van der Waals surface area (Å²) in [6.45, 7) is 0.466. The van der Waals surface area contributed by atoms with Crippen LogP contribution >= 0.6 is 23.2 Å². The van der Waals surface area contributed by atoms with Crippen molar-refractivity contribution >= 4 is 29.1 Å². The van der Waals surface area contributed by atoms with E-state index in [0.29, 0.717) is 22.2 Å². The molecule has 1 aromatic rings. The molecular weight excluding hydrogens is 283 g/mol. The molecule has 104 valence electrons. The molecule has 1 aliphatic carbocycles. The lowest BCUT2D eigenvalue weighted by molar-refractivity contribution is 0.0938. The third-order valence-electron chi connectivity index (χ3n) is 3.64. The van der Waals surface area contributed by atoms with Crippen molar-refractivity contribution in [3.8, 4) is 0 Å². The van der Waals surface area contributed by atoms with Gasteiger partial charge in [-0.2, -0.15) is 0 Å². The fourth-order valence-electron chi connectivity index (χ4n) is 2.49. The van der Waals surface area contributed by atoms with Crippen LogP contribution < -0.4 is 11.1 Å². The zero-order valence-corrected chi connectivity index (χ0v) is 12.2.